The standard InChI is InChI=1S/C21H27N3O2.C20H25F2N3O2/c1-20(2,26)13-7-8-16-17(11-13)24(14-5-3-6-14)19(22-16)23-18(25)15-12-21(15)9-4-10-21;1-19(2,27)13-6-7-15-16(10-13)25(14-4-3-5-14)18(23-15)24-17(26)12-8-9-20(21,22)11-12/h7-8,11,14-15,26H,3-6,9-10,12H2,1-2H3,(H,22,23,25);6-7,10,12,14,27H,3-5,8-9,11H2,1-2H3,(H,23,24,26). The number of benzene rings is 2. The number of amides is 2. The van der Waals surface area contributed by atoms with E-state index in [1.807, 2.05) is 41.0 Å². The van der Waals surface area contributed by atoms with E-state index in [2.05, 4.69) is 20.2 Å². The maximum atomic E-state index is 13.5. The van der Waals surface area contributed by atoms with E-state index in [0.29, 0.717) is 23.4 Å². The average molecular weight is 731 g/mol. The lowest BCUT2D eigenvalue weighted by atomic mass is 9.80. The molecule has 5 aliphatic rings. The Hall–Kier alpha value is -3.90. The van der Waals surface area contributed by atoms with Crippen molar-refractivity contribution in [2.45, 2.75) is 140 Å². The van der Waals surface area contributed by atoms with Crippen LogP contribution in [0.5, 0.6) is 0 Å². The molecule has 5 saturated carbocycles. The maximum absolute atomic E-state index is 13.5. The third-order valence-electron chi connectivity index (χ3n) is 12.8. The van der Waals surface area contributed by atoms with Gasteiger partial charge in [0.05, 0.1) is 33.3 Å². The van der Waals surface area contributed by atoms with E-state index in [4.69, 9.17) is 4.98 Å². The predicted octanol–water partition coefficient (Wildman–Crippen LogP) is 8.48. The molecule has 2 atom stereocenters. The van der Waals surface area contributed by atoms with Crippen LogP contribution in [0.4, 0.5) is 20.7 Å². The van der Waals surface area contributed by atoms with Gasteiger partial charge in [0.25, 0.3) is 0 Å². The zero-order valence-electron chi connectivity index (χ0n) is 31.2. The van der Waals surface area contributed by atoms with Crippen LogP contribution in [0.2, 0.25) is 0 Å². The summed E-state index contributed by atoms with van der Waals surface area (Å²) in [5, 5.41) is 26.6. The Labute approximate surface area is 308 Å². The largest absolute Gasteiger partial charge is 0.386 e. The Balaban J connectivity index is 0.000000151. The highest BCUT2D eigenvalue weighted by atomic mass is 19.3. The van der Waals surface area contributed by atoms with Crippen molar-refractivity contribution in [3.63, 3.8) is 0 Å². The van der Waals surface area contributed by atoms with Gasteiger partial charge in [0.2, 0.25) is 29.6 Å². The van der Waals surface area contributed by atoms with Crippen molar-refractivity contribution in [1.82, 2.24) is 19.1 Å². The van der Waals surface area contributed by atoms with Crippen LogP contribution in [0.15, 0.2) is 36.4 Å². The zero-order valence-corrected chi connectivity index (χ0v) is 31.2. The SMILES string of the molecule is CC(C)(O)c1ccc2nc(NC(=O)C3CC34CCC4)n(C3CCC3)c2c1.CC(C)(O)c1ccc2nc(NC(=O)C3CCC(F)(F)C3)n(C3CCC3)c2c1. The minimum absolute atomic E-state index is 0.142. The molecule has 0 aliphatic heterocycles. The van der Waals surface area contributed by atoms with Crippen LogP contribution in [-0.2, 0) is 20.8 Å². The summed E-state index contributed by atoms with van der Waals surface area (Å²) >= 11 is 0. The Morgan fingerprint density at radius 2 is 1.21 bits per heavy atom. The fourth-order valence-corrected chi connectivity index (χ4v) is 8.64. The molecular formula is C41H52F2N6O4. The Kier molecular flexibility index (Phi) is 8.76. The molecule has 2 aromatic heterocycles. The van der Waals surface area contributed by atoms with Crippen molar-refractivity contribution in [3.05, 3.63) is 47.5 Å². The lowest BCUT2D eigenvalue weighted by molar-refractivity contribution is -0.121. The van der Waals surface area contributed by atoms with E-state index < -0.39 is 29.5 Å². The van der Waals surface area contributed by atoms with Crippen LogP contribution in [0.3, 0.4) is 0 Å². The molecule has 9 rings (SSSR count). The Bertz CT molecular complexity index is 2060. The zero-order chi connectivity index (χ0) is 37.5. The minimum atomic E-state index is -2.75. The number of imidazole rings is 2. The first-order valence-electron chi connectivity index (χ1n) is 19.5. The van der Waals surface area contributed by atoms with Crippen molar-refractivity contribution in [2.24, 2.45) is 17.3 Å². The first-order valence-corrected chi connectivity index (χ1v) is 19.5. The van der Waals surface area contributed by atoms with Gasteiger partial charge >= 0.3 is 0 Å². The van der Waals surface area contributed by atoms with Crippen molar-refractivity contribution in [2.75, 3.05) is 10.6 Å². The van der Waals surface area contributed by atoms with E-state index in [0.717, 1.165) is 71.7 Å². The van der Waals surface area contributed by atoms with Crippen molar-refractivity contribution in [1.29, 1.82) is 0 Å². The molecule has 1 spiro atoms. The number of nitrogens with one attached hydrogen (secondary N) is 2. The van der Waals surface area contributed by atoms with Crippen molar-refractivity contribution in [3.8, 4) is 0 Å². The molecule has 5 aliphatic carbocycles. The number of nitrogens with zero attached hydrogens (tertiary/aromatic N) is 4. The first-order chi connectivity index (χ1) is 25.0. The number of aliphatic hydroxyl groups is 2. The number of aromatic nitrogens is 4. The number of alkyl halides is 2. The summed E-state index contributed by atoms with van der Waals surface area (Å²) in [5.74, 6) is -2.39. The molecule has 10 nitrogen and oxygen atoms in total. The van der Waals surface area contributed by atoms with E-state index in [-0.39, 0.29) is 36.6 Å². The summed E-state index contributed by atoms with van der Waals surface area (Å²) in [6.07, 6.45) is 10.8. The van der Waals surface area contributed by atoms with Gasteiger partial charge in [0.15, 0.2) is 0 Å². The maximum Gasteiger partial charge on any atom is 0.248 e. The summed E-state index contributed by atoms with van der Waals surface area (Å²) in [6.45, 7) is 7.04. The molecule has 2 aromatic carbocycles. The smallest absolute Gasteiger partial charge is 0.248 e. The predicted molar refractivity (Wildman–Crippen MR) is 200 cm³/mol. The van der Waals surface area contributed by atoms with Crippen LogP contribution in [0.1, 0.15) is 134 Å². The Morgan fingerprint density at radius 1 is 0.717 bits per heavy atom. The summed E-state index contributed by atoms with van der Waals surface area (Å²) in [5.41, 5.74) is 3.56. The molecule has 5 fully saturated rings. The Morgan fingerprint density at radius 3 is 1.57 bits per heavy atom. The molecule has 0 saturated heterocycles. The van der Waals surface area contributed by atoms with Crippen molar-refractivity contribution < 1.29 is 28.6 Å². The highest BCUT2D eigenvalue weighted by Crippen LogP contribution is 2.65. The topological polar surface area (TPSA) is 134 Å². The van der Waals surface area contributed by atoms with Gasteiger partial charge in [0.1, 0.15) is 0 Å². The summed E-state index contributed by atoms with van der Waals surface area (Å²) in [6, 6.07) is 12.1. The number of anilines is 2. The average Bonchev–Trinajstić information content (AvgIpc) is 3.41. The number of hydrogen-bond donors (Lipinski definition) is 4. The molecule has 2 amide bonds. The second kappa shape index (κ2) is 12.9. The molecule has 2 unspecified atom stereocenters. The molecule has 4 N–H and O–H groups in total. The number of rotatable bonds is 8. The molecular weight excluding hydrogens is 678 g/mol. The fraction of sp³-hybridized carbons (Fsp3) is 0.610. The third-order valence-corrected chi connectivity index (χ3v) is 12.8. The number of hydrogen-bond acceptors (Lipinski definition) is 6. The molecule has 53 heavy (non-hydrogen) atoms. The van der Waals surface area contributed by atoms with E-state index in [1.165, 1.54) is 25.7 Å². The van der Waals surface area contributed by atoms with Crippen LogP contribution in [0.25, 0.3) is 22.1 Å². The number of carbonyl (C=O) groups excluding carboxylic acids is 2. The summed E-state index contributed by atoms with van der Waals surface area (Å²) in [7, 11) is 0. The quantitative estimate of drug-likeness (QED) is 0.144. The van der Waals surface area contributed by atoms with Crippen LogP contribution in [-0.4, -0.2) is 47.1 Å². The number of carbonyl (C=O) groups is 2. The molecule has 2 heterocycles. The highest BCUT2D eigenvalue weighted by molar-refractivity contribution is 5.96. The van der Waals surface area contributed by atoms with Crippen LogP contribution in [0, 0.1) is 17.3 Å². The molecule has 0 radical (unpaired) electrons. The highest BCUT2D eigenvalue weighted by Gasteiger charge is 2.61. The van der Waals surface area contributed by atoms with Crippen molar-refractivity contribution >= 4 is 45.8 Å². The van der Waals surface area contributed by atoms with E-state index in [1.54, 1.807) is 27.7 Å². The van der Waals surface area contributed by atoms with E-state index >= 15 is 0 Å². The van der Waals surface area contributed by atoms with Gasteiger partial charge in [-0.2, -0.15) is 0 Å². The fourth-order valence-electron chi connectivity index (χ4n) is 8.64. The second-order valence-corrected chi connectivity index (χ2v) is 17.6. The normalized spacial score (nSPS) is 23.5. The molecule has 12 heteroatoms. The van der Waals surface area contributed by atoms with Gasteiger partial charge in [0, 0.05) is 36.8 Å². The lowest BCUT2D eigenvalue weighted by Gasteiger charge is -2.30. The van der Waals surface area contributed by atoms with Gasteiger partial charge in [-0.25, -0.2) is 18.7 Å². The van der Waals surface area contributed by atoms with Gasteiger partial charge in [-0.1, -0.05) is 18.6 Å². The first kappa shape index (κ1) is 36.1. The summed E-state index contributed by atoms with van der Waals surface area (Å²) in [4.78, 5) is 34.6. The molecule has 284 valence electrons. The minimum Gasteiger partial charge on any atom is -0.386 e. The second-order valence-electron chi connectivity index (χ2n) is 17.6. The molecule has 0 bridgehead atoms. The monoisotopic (exact) mass is 730 g/mol. The van der Waals surface area contributed by atoms with Gasteiger partial charge < -0.3 is 19.3 Å². The van der Waals surface area contributed by atoms with Gasteiger partial charge in [-0.15, -0.1) is 0 Å². The molecule has 4 aromatic rings. The van der Waals surface area contributed by atoms with Crippen LogP contribution < -0.4 is 10.6 Å². The summed E-state index contributed by atoms with van der Waals surface area (Å²) < 4.78 is 31.1. The lowest BCUT2D eigenvalue weighted by Crippen LogP contribution is -2.26. The number of fused-ring (bicyclic) bond motifs is 2. The van der Waals surface area contributed by atoms with E-state index in [9.17, 15) is 28.6 Å². The number of halogens is 2. The van der Waals surface area contributed by atoms with Gasteiger partial charge in [-0.05, 0) is 133 Å². The third kappa shape index (κ3) is 6.86. The van der Waals surface area contributed by atoms with Crippen LogP contribution >= 0.6 is 0 Å². The van der Waals surface area contributed by atoms with Gasteiger partial charge in [-0.3, -0.25) is 20.2 Å².